The maximum Gasteiger partial charge on any atom is 0.274 e. The molecule has 124 valence electrons. The van der Waals surface area contributed by atoms with Crippen LogP contribution in [-0.4, -0.2) is 21.7 Å². The van der Waals surface area contributed by atoms with Crippen LogP contribution < -0.4 is 10.3 Å². The zero-order valence-electron chi connectivity index (χ0n) is 14.0. The van der Waals surface area contributed by atoms with Gasteiger partial charge < -0.3 is 9.72 Å². The van der Waals surface area contributed by atoms with Crippen LogP contribution in [0.15, 0.2) is 65.5 Å². The Hall–Kier alpha value is -3.34. The van der Waals surface area contributed by atoms with Crippen molar-refractivity contribution < 1.29 is 4.74 Å². The monoisotopic (exact) mass is 331 g/mol. The summed E-state index contributed by atoms with van der Waals surface area (Å²) in [6.07, 6.45) is 0. The number of benzene rings is 2. The van der Waals surface area contributed by atoms with Crippen molar-refractivity contribution in [2.24, 2.45) is 0 Å². The molecule has 25 heavy (non-hydrogen) atoms. The molecule has 0 saturated carbocycles. The molecule has 0 unspecified atom stereocenters. The van der Waals surface area contributed by atoms with E-state index >= 15 is 0 Å². The van der Waals surface area contributed by atoms with E-state index in [1.807, 2.05) is 61.5 Å². The van der Waals surface area contributed by atoms with Crippen molar-refractivity contribution in [3.63, 3.8) is 0 Å². The van der Waals surface area contributed by atoms with Crippen molar-refractivity contribution in [3.05, 3.63) is 76.7 Å². The Morgan fingerprint density at radius 1 is 1.00 bits per heavy atom. The molecule has 0 aliphatic heterocycles. The molecular weight excluding hydrogens is 314 g/mol. The second-order valence-corrected chi connectivity index (χ2v) is 5.84. The molecule has 5 nitrogen and oxygen atoms in total. The van der Waals surface area contributed by atoms with Crippen LogP contribution in [0.1, 0.15) is 5.69 Å². The predicted octanol–water partition coefficient (Wildman–Crippen LogP) is 3.67. The highest BCUT2D eigenvalue weighted by Gasteiger charge is 2.15. The molecule has 2 heterocycles. The van der Waals surface area contributed by atoms with Gasteiger partial charge in [-0.3, -0.25) is 4.79 Å². The third kappa shape index (κ3) is 2.59. The van der Waals surface area contributed by atoms with E-state index in [9.17, 15) is 4.79 Å². The quantitative estimate of drug-likeness (QED) is 0.623. The lowest BCUT2D eigenvalue weighted by molar-refractivity contribution is 0.415. The van der Waals surface area contributed by atoms with E-state index in [-0.39, 0.29) is 5.56 Å². The van der Waals surface area contributed by atoms with Gasteiger partial charge in [0.1, 0.15) is 11.4 Å². The Balaban J connectivity index is 1.96. The van der Waals surface area contributed by atoms with Gasteiger partial charge in [-0.1, -0.05) is 42.5 Å². The molecule has 1 N–H and O–H groups in total. The molecule has 0 amide bonds. The van der Waals surface area contributed by atoms with E-state index in [2.05, 4.69) is 10.1 Å². The standard InChI is InChI=1S/C20H17N3O2/c1-13-19(15-8-10-16(25-2)11-9-15)20-21-17(12-18(24)23(20)22-13)14-6-4-3-5-7-14/h3-12,21H,1-2H3. The Bertz CT molecular complexity index is 1090. The Morgan fingerprint density at radius 2 is 1.72 bits per heavy atom. The van der Waals surface area contributed by atoms with Gasteiger partial charge in [-0.05, 0) is 30.2 Å². The van der Waals surface area contributed by atoms with Crippen LogP contribution in [0.2, 0.25) is 0 Å². The summed E-state index contributed by atoms with van der Waals surface area (Å²) in [6, 6.07) is 19.1. The molecule has 0 atom stereocenters. The van der Waals surface area contributed by atoms with Gasteiger partial charge in [-0.25, -0.2) is 0 Å². The van der Waals surface area contributed by atoms with Crippen LogP contribution >= 0.6 is 0 Å². The highest BCUT2D eigenvalue weighted by Crippen LogP contribution is 2.29. The zero-order chi connectivity index (χ0) is 17.4. The summed E-state index contributed by atoms with van der Waals surface area (Å²) < 4.78 is 6.64. The van der Waals surface area contributed by atoms with Gasteiger partial charge in [0.05, 0.1) is 18.5 Å². The number of hydrogen-bond acceptors (Lipinski definition) is 3. The maximum atomic E-state index is 12.5. The molecule has 0 aliphatic rings. The first kappa shape index (κ1) is 15.2. The number of hydrogen-bond donors (Lipinski definition) is 1. The fraction of sp³-hybridized carbons (Fsp3) is 0.100. The lowest BCUT2D eigenvalue weighted by Crippen LogP contribution is -2.14. The molecule has 0 spiro atoms. The molecule has 4 aromatic rings. The van der Waals surface area contributed by atoms with E-state index < -0.39 is 0 Å². The van der Waals surface area contributed by atoms with E-state index in [0.29, 0.717) is 5.65 Å². The largest absolute Gasteiger partial charge is 0.497 e. The lowest BCUT2D eigenvalue weighted by atomic mass is 10.1. The van der Waals surface area contributed by atoms with Gasteiger partial charge in [-0.15, -0.1) is 0 Å². The number of methoxy groups -OCH3 is 1. The van der Waals surface area contributed by atoms with Crippen molar-refractivity contribution >= 4 is 5.65 Å². The third-order valence-corrected chi connectivity index (χ3v) is 4.25. The summed E-state index contributed by atoms with van der Waals surface area (Å²) in [7, 11) is 1.64. The summed E-state index contributed by atoms with van der Waals surface area (Å²) in [4.78, 5) is 15.9. The first-order valence-electron chi connectivity index (χ1n) is 8.00. The van der Waals surface area contributed by atoms with Gasteiger partial charge in [0.15, 0.2) is 0 Å². The summed E-state index contributed by atoms with van der Waals surface area (Å²) in [5, 5.41) is 4.41. The fourth-order valence-electron chi connectivity index (χ4n) is 3.03. The molecule has 0 fully saturated rings. The molecule has 0 saturated heterocycles. The minimum Gasteiger partial charge on any atom is -0.497 e. The van der Waals surface area contributed by atoms with Crippen LogP contribution in [0, 0.1) is 6.92 Å². The van der Waals surface area contributed by atoms with Crippen molar-refractivity contribution in [2.75, 3.05) is 7.11 Å². The third-order valence-electron chi connectivity index (χ3n) is 4.25. The van der Waals surface area contributed by atoms with Crippen molar-refractivity contribution in [1.29, 1.82) is 0 Å². The van der Waals surface area contributed by atoms with E-state index in [4.69, 9.17) is 4.74 Å². The SMILES string of the molecule is COc1ccc(-c2c(C)nn3c(=O)cc(-c4ccccc4)[nH]c23)cc1. The molecule has 0 bridgehead atoms. The Kier molecular flexibility index (Phi) is 3.61. The van der Waals surface area contributed by atoms with Crippen LogP contribution in [-0.2, 0) is 0 Å². The highest BCUT2D eigenvalue weighted by molar-refractivity contribution is 5.81. The topological polar surface area (TPSA) is 59.4 Å². The summed E-state index contributed by atoms with van der Waals surface area (Å²) >= 11 is 0. The van der Waals surface area contributed by atoms with E-state index in [1.165, 1.54) is 4.52 Å². The van der Waals surface area contributed by atoms with Crippen molar-refractivity contribution in [1.82, 2.24) is 14.6 Å². The number of nitrogens with zero attached hydrogens (tertiary/aromatic N) is 2. The lowest BCUT2D eigenvalue weighted by Gasteiger charge is -2.06. The minimum atomic E-state index is -0.157. The average molecular weight is 331 g/mol. The van der Waals surface area contributed by atoms with Crippen LogP contribution in [0.5, 0.6) is 5.75 Å². The Labute approximate surface area is 144 Å². The van der Waals surface area contributed by atoms with Crippen molar-refractivity contribution in [3.8, 4) is 28.1 Å². The second-order valence-electron chi connectivity index (χ2n) is 5.84. The minimum absolute atomic E-state index is 0.157. The van der Waals surface area contributed by atoms with E-state index in [0.717, 1.165) is 33.8 Å². The molecule has 0 radical (unpaired) electrons. The number of H-pyrrole nitrogens is 1. The number of aromatic nitrogens is 3. The van der Waals surface area contributed by atoms with E-state index in [1.54, 1.807) is 13.2 Å². The molecule has 4 rings (SSSR count). The van der Waals surface area contributed by atoms with Gasteiger partial charge in [0, 0.05) is 11.6 Å². The molecule has 2 aromatic heterocycles. The molecule has 0 aliphatic carbocycles. The van der Waals surface area contributed by atoms with Gasteiger partial charge in [-0.2, -0.15) is 9.61 Å². The van der Waals surface area contributed by atoms with Gasteiger partial charge in [0.2, 0.25) is 0 Å². The zero-order valence-corrected chi connectivity index (χ0v) is 14.0. The first-order valence-corrected chi connectivity index (χ1v) is 8.00. The Morgan fingerprint density at radius 3 is 2.40 bits per heavy atom. The van der Waals surface area contributed by atoms with Crippen molar-refractivity contribution in [2.45, 2.75) is 6.92 Å². The number of fused-ring (bicyclic) bond motifs is 1. The summed E-state index contributed by atoms with van der Waals surface area (Å²) in [6.45, 7) is 1.90. The fourth-order valence-corrected chi connectivity index (χ4v) is 3.03. The van der Waals surface area contributed by atoms with Gasteiger partial charge in [0.25, 0.3) is 5.56 Å². The maximum absolute atomic E-state index is 12.5. The predicted molar refractivity (Wildman–Crippen MR) is 98.0 cm³/mol. The number of nitrogens with one attached hydrogen (secondary N) is 1. The van der Waals surface area contributed by atoms with Crippen LogP contribution in [0.25, 0.3) is 28.0 Å². The van der Waals surface area contributed by atoms with Crippen LogP contribution in [0.4, 0.5) is 0 Å². The number of rotatable bonds is 3. The smallest absolute Gasteiger partial charge is 0.274 e. The van der Waals surface area contributed by atoms with Gasteiger partial charge >= 0.3 is 0 Å². The first-order chi connectivity index (χ1) is 12.2. The summed E-state index contributed by atoms with van der Waals surface area (Å²) in [5.74, 6) is 0.788. The number of ether oxygens (including phenoxy) is 1. The molecular formula is C20H17N3O2. The average Bonchev–Trinajstić information content (AvgIpc) is 2.99. The number of aryl methyl sites for hydroxylation is 1. The molecule has 2 aromatic carbocycles. The summed E-state index contributed by atoms with van der Waals surface area (Å²) in [5.41, 5.74) is 4.95. The highest BCUT2D eigenvalue weighted by atomic mass is 16.5. The second kappa shape index (κ2) is 5.94. The normalized spacial score (nSPS) is 11.0. The number of aromatic amines is 1. The van der Waals surface area contributed by atoms with Crippen LogP contribution in [0.3, 0.4) is 0 Å². The molecule has 5 heteroatoms.